The molecule has 3 aromatic carbocycles. The maximum atomic E-state index is 5.80. The highest BCUT2D eigenvalue weighted by atomic mass is 28.3. The number of ether oxygens (including phenoxy) is 3. The van der Waals surface area contributed by atoms with Gasteiger partial charge in [-0.15, -0.1) is 6.58 Å². The van der Waals surface area contributed by atoms with Crippen molar-refractivity contribution in [3.63, 3.8) is 0 Å². The average molecular weight is 379 g/mol. The van der Waals surface area contributed by atoms with Gasteiger partial charge in [-0.3, -0.25) is 0 Å². The van der Waals surface area contributed by atoms with Crippen LogP contribution in [0, 0.1) is 0 Å². The molecular weight excluding hydrogens is 352 g/mol. The van der Waals surface area contributed by atoms with Crippen molar-refractivity contribution >= 4 is 29.2 Å². The molecule has 0 aliphatic heterocycles. The van der Waals surface area contributed by atoms with Gasteiger partial charge in [-0.05, 0) is 22.0 Å². The van der Waals surface area contributed by atoms with Gasteiger partial charge in [0.25, 0.3) is 0 Å². The molecule has 0 unspecified atom stereocenters. The smallest absolute Gasteiger partial charge is 0.129 e. The Morgan fingerprint density at radius 3 is 2.11 bits per heavy atom. The van der Waals surface area contributed by atoms with E-state index in [-0.39, 0.29) is 0 Å². The van der Waals surface area contributed by atoms with Crippen molar-refractivity contribution in [3.05, 3.63) is 67.3 Å². The molecule has 0 aromatic heterocycles. The second kappa shape index (κ2) is 7.88. The number of fused-ring (bicyclic) bond motifs is 1. The van der Waals surface area contributed by atoms with Crippen molar-refractivity contribution in [3.8, 4) is 17.2 Å². The zero-order chi connectivity index (χ0) is 19.4. The summed E-state index contributed by atoms with van der Waals surface area (Å²) in [5.41, 5.74) is 0. The predicted octanol–water partition coefficient (Wildman–Crippen LogP) is 4.24. The van der Waals surface area contributed by atoms with E-state index in [0.29, 0.717) is 0 Å². The molecule has 0 radical (unpaired) electrons. The van der Waals surface area contributed by atoms with Crippen molar-refractivity contribution in [2.75, 3.05) is 21.3 Å². The van der Waals surface area contributed by atoms with Crippen LogP contribution in [0.3, 0.4) is 0 Å². The molecule has 0 aliphatic rings. The summed E-state index contributed by atoms with van der Waals surface area (Å²) in [5.74, 6) is 2.32. The van der Waals surface area contributed by atoms with Crippen LogP contribution in [0.4, 0.5) is 0 Å². The molecule has 0 bridgehead atoms. The first kappa shape index (κ1) is 19.0. The van der Waals surface area contributed by atoms with Crippen LogP contribution in [-0.2, 0) is 0 Å². The van der Waals surface area contributed by atoms with E-state index in [4.69, 9.17) is 14.2 Å². The Bertz CT molecular complexity index is 936. The zero-order valence-corrected chi connectivity index (χ0v) is 17.4. The summed E-state index contributed by atoms with van der Waals surface area (Å²) < 4.78 is 17.0. The quantitative estimate of drug-likeness (QED) is 0.454. The summed E-state index contributed by atoms with van der Waals surface area (Å²) in [5, 5.41) is 4.99. The molecule has 3 nitrogen and oxygen atoms in total. The van der Waals surface area contributed by atoms with E-state index < -0.39 is 8.07 Å². The van der Waals surface area contributed by atoms with Crippen molar-refractivity contribution in [2.45, 2.75) is 12.6 Å². The van der Waals surface area contributed by atoms with Gasteiger partial charge in [-0.1, -0.05) is 55.1 Å². The van der Waals surface area contributed by atoms with Crippen LogP contribution >= 0.6 is 0 Å². The molecule has 0 saturated carbocycles. The van der Waals surface area contributed by atoms with Crippen molar-refractivity contribution in [2.24, 2.45) is 0 Å². The molecule has 0 spiro atoms. The van der Waals surface area contributed by atoms with Crippen LogP contribution in [0.2, 0.25) is 12.6 Å². The second-order valence-corrected chi connectivity index (χ2v) is 10.9. The molecule has 0 heterocycles. The van der Waals surface area contributed by atoms with Gasteiger partial charge in [0.05, 0.1) is 21.3 Å². The lowest BCUT2D eigenvalue weighted by Crippen LogP contribution is -2.56. The van der Waals surface area contributed by atoms with E-state index in [9.17, 15) is 0 Å². The summed E-state index contributed by atoms with van der Waals surface area (Å²) >= 11 is 0. The zero-order valence-electron chi connectivity index (χ0n) is 16.4. The Balaban J connectivity index is 2.37. The van der Waals surface area contributed by atoms with E-state index >= 15 is 0 Å². The Morgan fingerprint density at radius 2 is 1.52 bits per heavy atom. The lowest BCUT2D eigenvalue weighted by molar-refractivity contribution is 0.379. The molecular formula is C23H26O3Si. The molecule has 0 saturated heterocycles. The van der Waals surface area contributed by atoms with Crippen molar-refractivity contribution < 1.29 is 14.2 Å². The maximum Gasteiger partial charge on any atom is 0.129 e. The largest absolute Gasteiger partial charge is 0.497 e. The minimum atomic E-state index is -2.26. The molecule has 3 rings (SSSR count). The second-order valence-electron chi connectivity index (χ2n) is 6.76. The summed E-state index contributed by atoms with van der Waals surface area (Å²) in [6.07, 6.45) is 2.01. The van der Waals surface area contributed by atoms with E-state index in [1.807, 2.05) is 18.2 Å². The predicted molar refractivity (Wildman–Crippen MR) is 116 cm³/mol. The van der Waals surface area contributed by atoms with E-state index in [2.05, 4.69) is 55.6 Å². The van der Waals surface area contributed by atoms with E-state index in [0.717, 1.165) is 28.5 Å². The van der Waals surface area contributed by atoms with Gasteiger partial charge < -0.3 is 14.2 Å². The first-order valence-electron chi connectivity index (χ1n) is 8.98. The fourth-order valence-electron chi connectivity index (χ4n) is 3.89. The minimum absolute atomic E-state index is 0.723. The van der Waals surface area contributed by atoms with Gasteiger partial charge in [0.2, 0.25) is 0 Å². The highest BCUT2D eigenvalue weighted by molar-refractivity contribution is 7.03. The number of hydrogen-bond acceptors (Lipinski definition) is 3. The summed E-state index contributed by atoms with van der Waals surface area (Å²) in [6, 6.07) is 19.8. The van der Waals surface area contributed by atoms with Gasteiger partial charge >= 0.3 is 0 Å². The third-order valence-corrected chi connectivity index (χ3v) is 9.53. The number of hydrogen-bond donors (Lipinski definition) is 0. The normalized spacial score (nSPS) is 13.0. The standard InChI is InChI=1S/C23H26O3Si/c1-6-14-27(5,22-13-9-11-17-10-7-8-12-19(17)22)23-20(25-3)15-18(24-2)16-21(23)26-4/h6-13,15-16H,1,14H2,2-5H3/t27-/m0/s1. The highest BCUT2D eigenvalue weighted by Crippen LogP contribution is 2.31. The Hall–Kier alpha value is -2.72. The van der Waals surface area contributed by atoms with Gasteiger partial charge in [-0.2, -0.15) is 0 Å². The van der Waals surface area contributed by atoms with E-state index in [1.165, 1.54) is 16.0 Å². The third kappa shape index (κ3) is 3.33. The van der Waals surface area contributed by atoms with Gasteiger partial charge in [0.1, 0.15) is 25.3 Å². The first-order chi connectivity index (χ1) is 13.1. The molecule has 1 atom stereocenters. The third-order valence-electron chi connectivity index (χ3n) is 5.20. The lowest BCUT2D eigenvalue weighted by atomic mass is 10.1. The molecule has 0 N–H and O–H groups in total. The summed E-state index contributed by atoms with van der Waals surface area (Å²) in [6.45, 7) is 6.40. The minimum Gasteiger partial charge on any atom is -0.497 e. The van der Waals surface area contributed by atoms with Crippen LogP contribution in [0.5, 0.6) is 17.2 Å². The van der Waals surface area contributed by atoms with E-state index in [1.54, 1.807) is 21.3 Å². The molecule has 4 heteroatoms. The fourth-order valence-corrected chi connectivity index (χ4v) is 7.88. The Kier molecular flexibility index (Phi) is 5.56. The van der Waals surface area contributed by atoms with Crippen LogP contribution in [0.1, 0.15) is 0 Å². The highest BCUT2D eigenvalue weighted by Gasteiger charge is 2.38. The number of rotatable bonds is 7. The molecule has 27 heavy (non-hydrogen) atoms. The Morgan fingerprint density at radius 1 is 0.889 bits per heavy atom. The first-order valence-corrected chi connectivity index (χ1v) is 11.7. The molecule has 140 valence electrons. The number of benzene rings is 3. The summed E-state index contributed by atoms with van der Waals surface area (Å²) in [7, 11) is 2.79. The van der Waals surface area contributed by atoms with Crippen LogP contribution in [-0.4, -0.2) is 29.4 Å². The Labute approximate surface area is 162 Å². The monoisotopic (exact) mass is 378 g/mol. The number of allylic oxidation sites excluding steroid dienone is 1. The van der Waals surface area contributed by atoms with Crippen molar-refractivity contribution in [1.82, 2.24) is 0 Å². The molecule has 0 fully saturated rings. The van der Waals surface area contributed by atoms with Crippen LogP contribution in [0.15, 0.2) is 67.3 Å². The molecule has 3 aromatic rings. The topological polar surface area (TPSA) is 27.7 Å². The lowest BCUT2D eigenvalue weighted by Gasteiger charge is -2.32. The van der Waals surface area contributed by atoms with Crippen LogP contribution < -0.4 is 24.6 Å². The van der Waals surface area contributed by atoms with Gasteiger partial charge in [-0.25, -0.2) is 0 Å². The van der Waals surface area contributed by atoms with Crippen LogP contribution in [0.25, 0.3) is 10.8 Å². The SMILES string of the molecule is C=CC[Si@](C)(c1c(OC)cc(OC)cc1OC)c1cccc2ccccc12. The van der Waals surface area contributed by atoms with Crippen molar-refractivity contribution in [1.29, 1.82) is 0 Å². The molecule has 0 aliphatic carbocycles. The summed E-state index contributed by atoms with van der Waals surface area (Å²) in [4.78, 5) is 0. The molecule has 0 amide bonds. The fraction of sp³-hybridized carbons (Fsp3) is 0.217. The van der Waals surface area contributed by atoms with Gasteiger partial charge in [0.15, 0.2) is 0 Å². The number of methoxy groups -OCH3 is 3. The maximum absolute atomic E-state index is 5.80. The van der Waals surface area contributed by atoms with Gasteiger partial charge in [0, 0.05) is 17.3 Å². The average Bonchev–Trinajstić information content (AvgIpc) is 2.72.